The zero-order chi connectivity index (χ0) is 30.6. The van der Waals surface area contributed by atoms with E-state index in [4.69, 9.17) is 17.2 Å². The number of aliphatic imine (C=N–C) groups is 1. The molecule has 0 unspecified atom stereocenters. The van der Waals surface area contributed by atoms with Gasteiger partial charge in [0, 0.05) is 13.1 Å². The van der Waals surface area contributed by atoms with Crippen molar-refractivity contribution in [1.29, 1.82) is 0 Å². The lowest BCUT2D eigenvalue weighted by Crippen LogP contribution is -2.59. The Balaban J connectivity index is 3.10. The smallest absolute Gasteiger partial charge is 0.326 e. The number of carbonyl (C=O) groups excluding carboxylic acids is 4. The summed E-state index contributed by atoms with van der Waals surface area (Å²) in [6.07, 6.45) is 0.00203. The van der Waals surface area contributed by atoms with Gasteiger partial charge in [-0.3, -0.25) is 24.2 Å². The highest BCUT2D eigenvalue weighted by atomic mass is 16.4. The molecular weight excluding hydrogens is 528 g/mol. The number of carboxylic acid groups (broad SMARTS) is 1. The van der Waals surface area contributed by atoms with Crippen LogP contribution in [0.4, 0.5) is 0 Å². The molecule has 1 fully saturated rings. The van der Waals surface area contributed by atoms with Gasteiger partial charge in [0.2, 0.25) is 23.6 Å². The molecule has 16 nitrogen and oxygen atoms in total. The predicted molar refractivity (Wildman–Crippen MR) is 144 cm³/mol. The van der Waals surface area contributed by atoms with Gasteiger partial charge in [0.25, 0.3) is 0 Å². The van der Waals surface area contributed by atoms with Gasteiger partial charge in [-0.25, -0.2) is 4.79 Å². The van der Waals surface area contributed by atoms with Crippen molar-refractivity contribution in [3.63, 3.8) is 0 Å². The molecule has 0 saturated carbocycles. The number of nitrogens with zero attached hydrogens (tertiary/aromatic N) is 2. The second-order valence-electron chi connectivity index (χ2n) is 10.2. The third-order valence-electron chi connectivity index (χ3n) is 6.36. The second-order valence-corrected chi connectivity index (χ2v) is 10.2. The number of likely N-dealkylation sites (tertiary alicyclic amines) is 1. The van der Waals surface area contributed by atoms with Crippen LogP contribution in [-0.4, -0.2) is 112 Å². The Morgan fingerprint density at radius 2 is 1.55 bits per heavy atom. The molecule has 0 bridgehead atoms. The molecule has 0 aromatic carbocycles. The number of nitrogens with one attached hydrogen (secondary N) is 3. The number of carboxylic acids is 1. The molecule has 6 atom stereocenters. The molecule has 1 heterocycles. The van der Waals surface area contributed by atoms with Gasteiger partial charge < -0.3 is 53.4 Å². The number of rotatable bonds is 16. The van der Waals surface area contributed by atoms with Gasteiger partial charge in [-0.2, -0.15) is 0 Å². The number of guanidine groups is 1. The number of aliphatic hydroxyl groups excluding tert-OH is 2. The summed E-state index contributed by atoms with van der Waals surface area (Å²) in [5.41, 5.74) is 16.4. The molecule has 4 amide bonds. The number of aliphatic hydroxyl groups is 2. The fourth-order valence-electron chi connectivity index (χ4n) is 4.18. The zero-order valence-corrected chi connectivity index (χ0v) is 23.2. The average molecular weight is 573 g/mol. The molecule has 1 saturated heterocycles. The molecule has 40 heavy (non-hydrogen) atoms. The summed E-state index contributed by atoms with van der Waals surface area (Å²) in [6, 6.07) is -6.12. The van der Waals surface area contributed by atoms with Crippen LogP contribution in [0.15, 0.2) is 4.99 Å². The number of nitrogens with two attached hydrogens (primary N) is 3. The molecule has 16 heteroatoms. The number of hydrogen-bond donors (Lipinski definition) is 9. The molecule has 12 N–H and O–H groups in total. The third-order valence-corrected chi connectivity index (χ3v) is 6.36. The molecular formula is C24H44N8O8. The Morgan fingerprint density at radius 3 is 2.08 bits per heavy atom. The second kappa shape index (κ2) is 16.6. The van der Waals surface area contributed by atoms with Gasteiger partial charge in [-0.05, 0) is 44.9 Å². The molecule has 228 valence electrons. The van der Waals surface area contributed by atoms with Crippen LogP contribution in [-0.2, 0) is 24.0 Å². The van der Waals surface area contributed by atoms with E-state index in [1.165, 1.54) is 6.92 Å². The number of hydrogen-bond acceptors (Lipinski definition) is 9. The van der Waals surface area contributed by atoms with Crippen molar-refractivity contribution in [2.75, 3.05) is 19.7 Å². The minimum atomic E-state index is -1.44. The average Bonchev–Trinajstić information content (AvgIpc) is 3.37. The lowest BCUT2D eigenvalue weighted by Gasteiger charge is -2.28. The summed E-state index contributed by atoms with van der Waals surface area (Å²) in [7, 11) is 0. The first kappa shape index (κ1) is 34.5. The quantitative estimate of drug-likeness (QED) is 0.0493. The normalized spacial score (nSPS) is 18.7. The van der Waals surface area contributed by atoms with E-state index < -0.39 is 72.5 Å². The third kappa shape index (κ3) is 10.9. The summed E-state index contributed by atoms with van der Waals surface area (Å²) in [6.45, 7) is 4.46. The highest BCUT2D eigenvalue weighted by Gasteiger charge is 2.38. The van der Waals surface area contributed by atoms with Gasteiger partial charge in [-0.1, -0.05) is 13.8 Å². The highest BCUT2D eigenvalue weighted by Crippen LogP contribution is 2.18. The summed E-state index contributed by atoms with van der Waals surface area (Å²) in [4.78, 5) is 68.3. The van der Waals surface area contributed by atoms with Crippen LogP contribution in [0.25, 0.3) is 0 Å². The zero-order valence-electron chi connectivity index (χ0n) is 23.2. The van der Waals surface area contributed by atoms with Crippen LogP contribution in [0.1, 0.15) is 52.9 Å². The molecule has 0 spiro atoms. The largest absolute Gasteiger partial charge is 0.480 e. The fourth-order valence-corrected chi connectivity index (χ4v) is 4.18. The molecule has 0 radical (unpaired) electrons. The molecule has 1 aliphatic rings. The van der Waals surface area contributed by atoms with Crippen LogP contribution in [0.3, 0.4) is 0 Å². The standard InChI is InChI=1S/C24H44N8O8/c1-12(2)10-15(30-21(37)18(25)13(3)34)20(36)29-14(6-4-8-28-24(26)27)19(35)31-16(11-33)22(38)32-9-5-7-17(32)23(39)40/h12-18,33-34H,4-11,25H2,1-3H3,(H,29,36)(H,30,37)(H,31,35)(H,39,40)(H4,26,27,28)/t13-,14+,15+,16+,17+,18+/m1/s1. The van der Waals surface area contributed by atoms with Crippen molar-refractivity contribution >= 4 is 35.6 Å². The topological polar surface area (TPSA) is 276 Å². The number of carbonyl (C=O) groups is 5. The van der Waals surface area contributed by atoms with E-state index in [0.717, 1.165) is 4.90 Å². The lowest BCUT2D eigenvalue weighted by molar-refractivity contribution is -0.150. The van der Waals surface area contributed by atoms with Crippen molar-refractivity contribution in [2.45, 2.75) is 89.2 Å². The van der Waals surface area contributed by atoms with Crippen LogP contribution in [0, 0.1) is 5.92 Å². The summed E-state index contributed by atoms with van der Waals surface area (Å²) in [5.74, 6) is -4.44. The van der Waals surface area contributed by atoms with E-state index in [2.05, 4.69) is 20.9 Å². The maximum Gasteiger partial charge on any atom is 0.326 e. The van der Waals surface area contributed by atoms with Gasteiger partial charge >= 0.3 is 5.97 Å². The fraction of sp³-hybridized carbons (Fsp3) is 0.750. The van der Waals surface area contributed by atoms with Crippen LogP contribution >= 0.6 is 0 Å². The molecule has 1 aliphatic heterocycles. The van der Waals surface area contributed by atoms with Crippen molar-refractivity contribution < 1.29 is 39.3 Å². The summed E-state index contributed by atoms with van der Waals surface area (Å²) >= 11 is 0. The first-order valence-corrected chi connectivity index (χ1v) is 13.2. The maximum absolute atomic E-state index is 13.2. The minimum Gasteiger partial charge on any atom is -0.480 e. The van der Waals surface area contributed by atoms with Gasteiger partial charge in [-0.15, -0.1) is 0 Å². The Kier molecular flexibility index (Phi) is 14.3. The van der Waals surface area contributed by atoms with E-state index in [-0.39, 0.29) is 50.7 Å². The molecule has 0 aliphatic carbocycles. The van der Waals surface area contributed by atoms with E-state index in [1.54, 1.807) is 0 Å². The number of amides is 4. The highest BCUT2D eigenvalue weighted by molar-refractivity contribution is 5.95. The van der Waals surface area contributed by atoms with E-state index in [9.17, 15) is 39.3 Å². The van der Waals surface area contributed by atoms with Crippen molar-refractivity contribution in [2.24, 2.45) is 28.1 Å². The van der Waals surface area contributed by atoms with E-state index in [1.807, 2.05) is 13.8 Å². The Bertz CT molecular complexity index is 925. The first-order valence-electron chi connectivity index (χ1n) is 13.2. The summed E-state index contributed by atoms with van der Waals surface area (Å²) in [5, 5.41) is 36.3. The van der Waals surface area contributed by atoms with Gasteiger partial charge in [0.05, 0.1) is 12.7 Å². The summed E-state index contributed by atoms with van der Waals surface area (Å²) < 4.78 is 0. The van der Waals surface area contributed by atoms with Crippen molar-refractivity contribution in [3.8, 4) is 0 Å². The van der Waals surface area contributed by atoms with Gasteiger partial charge in [0.1, 0.15) is 30.2 Å². The monoisotopic (exact) mass is 572 g/mol. The van der Waals surface area contributed by atoms with Crippen LogP contribution in [0.2, 0.25) is 0 Å². The van der Waals surface area contributed by atoms with Crippen LogP contribution in [0.5, 0.6) is 0 Å². The lowest BCUT2D eigenvalue weighted by atomic mass is 10.0. The first-order chi connectivity index (χ1) is 18.7. The molecule has 0 aromatic rings. The van der Waals surface area contributed by atoms with Crippen molar-refractivity contribution in [1.82, 2.24) is 20.9 Å². The molecule has 0 aromatic heterocycles. The Hall–Kier alpha value is -3.50. The Labute approximate surface area is 233 Å². The van der Waals surface area contributed by atoms with E-state index >= 15 is 0 Å². The van der Waals surface area contributed by atoms with Crippen molar-refractivity contribution in [3.05, 3.63) is 0 Å². The Morgan fingerprint density at radius 1 is 0.975 bits per heavy atom. The van der Waals surface area contributed by atoms with Crippen LogP contribution < -0.4 is 33.2 Å². The SMILES string of the molecule is CC(C)C[C@H](NC(=O)[C@@H](N)[C@@H](C)O)C(=O)N[C@@H](CCCN=C(N)N)C(=O)N[C@@H](CO)C(=O)N1CCC[C@H]1C(=O)O. The predicted octanol–water partition coefficient (Wildman–Crippen LogP) is -3.68. The molecule has 1 rings (SSSR count). The van der Waals surface area contributed by atoms with Gasteiger partial charge in [0.15, 0.2) is 5.96 Å². The van der Waals surface area contributed by atoms with E-state index in [0.29, 0.717) is 6.42 Å². The number of aliphatic carboxylic acids is 1. The maximum atomic E-state index is 13.2. The minimum absolute atomic E-state index is 0.0255.